The SMILES string of the molecule is Cc1cn2c(=O)c(Br)c(C(F)(F)F)nc2n1CC(C)O. The molecule has 110 valence electrons. The predicted molar refractivity (Wildman–Crippen MR) is 68.6 cm³/mol. The van der Waals surface area contributed by atoms with Crippen molar-refractivity contribution in [2.75, 3.05) is 0 Å². The van der Waals surface area contributed by atoms with E-state index in [1.165, 1.54) is 17.7 Å². The smallest absolute Gasteiger partial charge is 0.392 e. The minimum atomic E-state index is -4.74. The van der Waals surface area contributed by atoms with Crippen LogP contribution in [0.4, 0.5) is 13.2 Å². The first-order chi connectivity index (χ1) is 9.12. The fourth-order valence-corrected chi connectivity index (χ4v) is 2.40. The quantitative estimate of drug-likeness (QED) is 0.897. The second-order valence-corrected chi connectivity index (χ2v) is 5.27. The number of halogens is 4. The van der Waals surface area contributed by atoms with Gasteiger partial charge >= 0.3 is 6.18 Å². The Bertz CT molecular complexity index is 718. The summed E-state index contributed by atoms with van der Waals surface area (Å²) < 4.78 is 40.3. The van der Waals surface area contributed by atoms with Crippen LogP contribution in [0.2, 0.25) is 0 Å². The molecule has 0 spiro atoms. The fourth-order valence-electron chi connectivity index (χ4n) is 1.90. The van der Waals surface area contributed by atoms with Gasteiger partial charge in [-0.15, -0.1) is 0 Å². The molecule has 0 saturated heterocycles. The molecule has 0 fully saturated rings. The van der Waals surface area contributed by atoms with Crippen LogP contribution in [-0.4, -0.2) is 25.2 Å². The van der Waals surface area contributed by atoms with Gasteiger partial charge in [-0.2, -0.15) is 13.2 Å². The highest BCUT2D eigenvalue weighted by atomic mass is 79.9. The Hall–Kier alpha value is -1.35. The molecule has 1 atom stereocenters. The van der Waals surface area contributed by atoms with Crippen molar-refractivity contribution in [1.82, 2.24) is 14.0 Å². The van der Waals surface area contributed by atoms with Crippen molar-refractivity contribution in [1.29, 1.82) is 0 Å². The molecule has 1 N–H and O–H groups in total. The summed E-state index contributed by atoms with van der Waals surface area (Å²) in [6.45, 7) is 3.17. The maximum absolute atomic E-state index is 12.9. The van der Waals surface area contributed by atoms with E-state index in [2.05, 4.69) is 20.9 Å². The van der Waals surface area contributed by atoms with Crippen molar-refractivity contribution in [2.24, 2.45) is 0 Å². The Labute approximate surface area is 119 Å². The monoisotopic (exact) mass is 353 g/mol. The van der Waals surface area contributed by atoms with Gasteiger partial charge in [0.2, 0.25) is 5.78 Å². The summed E-state index contributed by atoms with van der Waals surface area (Å²) in [6, 6.07) is 0. The number of rotatable bonds is 2. The highest BCUT2D eigenvalue weighted by molar-refractivity contribution is 9.10. The molecule has 0 radical (unpaired) electrons. The first-order valence-electron chi connectivity index (χ1n) is 5.66. The normalized spacial score (nSPS) is 13.9. The maximum atomic E-state index is 12.9. The summed E-state index contributed by atoms with van der Waals surface area (Å²) in [4.78, 5) is 15.5. The number of imidazole rings is 1. The van der Waals surface area contributed by atoms with Gasteiger partial charge < -0.3 is 9.67 Å². The van der Waals surface area contributed by atoms with Gasteiger partial charge in [0.15, 0.2) is 5.69 Å². The molecule has 0 saturated carbocycles. The molecule has 20 heavy (non-hydrogen) atoms. The molecule has 2 heterocycles. The van der Waals surface area contributed by atoms with Crippen LogP contribution in [0.5, 0.6) is 0 Å². The minimum Gasteiger partial charge on any atom is -0.392 e. The lowest BCUT2D eigenvalue weighted by Crippen LogP contribution is -2.23. The van der Waals surface area contributed by atoms with Crippen molar-refractivity contribution < 1.29 is 18.3 Å². The zero-order chi connectivity index (χ0) is 15.2. The van der Waals surface area contributed by atoms with Gasteiger partial charge in [-0.05, 0) is 29.8 Å². The number of aliphatic hydroxyl groups is 1. The molecule has 0 aliphatic carbocycles. The first-order valence-corrected chi connectivity index (χ1v) is 6.45. The van der Waals surface area contributed by atoms with Crippen LogP contribution >= 0.6 is 15.9 Å². The van der Waals surface area contributed by atoms with Crippen LogP contribution in [0.25, 0.3) is 5.78 Å². The Morgan fingerprint density at radius 3 is 2.60 bits per heavy atom. The summed E-state index contributed by atoms with van der Waals surface area (Å²) in [6.07, 6.45) is -4.13. The lowest BCUT2D eigenvalue weighted by molar-refractivity contribution is -0.141. The minimum absolute atomic E-state index is 0.0493. The third kappa shape index (κ3) is 2.47. The van der Waals surface area contributed by atoms with Crippen molar-refractivity contribution in [2.45, 2.75) is 32.7 Å². The number of nitrogens with zero attached hydrogens (tertiary/aromatic N) is 3. The van der Waals surface area contributed by atoms with E-state index in [0.717, 1.165) is 4.40 Å². The van der Waals surface area contributed by atoms with E-state index in [1.807, 2.05) is 0 Å². The molecule has 5 nitrogen and oxygen atoms in total. The second kappa shape index (κ2) is 4.88. The molecule has 0 amide bonds. The van der Waals surface area contributed by atoms with Crippen LogP contribution < -0.4 is 5.56 Å². The number of alkyl halides is 3. The van der Waals surface area contributed by atoms with Gasteiger partial charge in [-0.25, -0.2) is 4.98 Å². The number of hydrogen-bond acceptors (Lipinski definition) is 3. The largest absolute Gasteiger partial charge is 0.434 e. The van der Waals surface area contributed by atoms with Gasteiger partial charge in [0.1, 0.15) is 4.47 Å². The number of aryl methyl sites for hydroxylation is 1. The third-order valence-corrected chi connectivity index (χ3v) is 3.45. The molecule has 2 rings (SSSR count). The summed E-state index contributed by atoms with van der Waals surface area (Å²) in [5.74, 6) is -0.149. The van der Waals surface area contributed by atoms with Crippen molar-refractivity contribution in [3.05, 3.63) is 32.4 Å². The van der Waals surface area contributed by atoms with Gasteiger partial charge in [0, 0.05) is 11.9 Å². The van der Waals surface area contributed by atoms with Crippen LogP contribution in [0.15, 0.2) is 15.5 Å². The van der Waals surface area contributed by atoms with Crippen LogP contribution in [-0.2, 0) is 12.7 Å². The number of fused-ring (bicyclic) bond motifs is 1. The summed E-state index contributed by atoms with van der Waals surface area (Å²) in [7, 11) is 0. The summed E-state index contributed by atoms with van der Waals surface area (Å²) in [5.41, 5.74) is -1.58. The summed E-state index contributed by atoms with van der Waals surface area (Å²) >= 11 is 2.65. The number of aliphatic hydroxyl groups excluding tert-OH is 1. The topological polar surface area (TPSA) is 59.5 Å². The lowest BCUT2D eigenvalue weighted by Gasteiger charge is -2.11. The van der Waals surface area contributed by atoms with Crippen LogP contribution in [0.1, 0.15) is 18.3 Å². The summed E-state index contributed by atoms with van der Waals surface area (Å²) in [5, 5.41) is 9.39. The van der Waals surface area contributed by atoms with E-state index >= 15 is 0 Å². The lowest BCUT2D eigenvalue weighted by atomic mass is 10.4. The zero-order valence-electron chi connectivity index (χ0n) is 10.6. The molecule has 0 bridgehead atoms. The van der Waals surface area contributed by atoms with Gasteiger partial charge in [-0.3, -0.25) is 9.20 Å². The Balaban J connectivity index is 2.83. The van der Waals surface area contributed by atoms with Crippen molar-refractivity contribution in [3.63, 3.8) is 0 Å². The molecule has 0 aliphatic heterocycles. The predicted octanol–water partition coefficient (Wildman–Crippen LogP) is 1.97. The zero-order valence-corrected chi connectivity index (χ0v) is 12.2. The Morgan fingerprint density at radius 1 is 1.50 bits per heavy atom. The highest BCUT2D eigenvalue weighted by Crippen LogP contribution is 2.32. The average Bonchev–Trinajstić information content (AvgIpc) is 2.59. The van der Waals surface area contributed by atoms with Crippen LogP contribution in [0, 0.1) is 6.92 Å². The molecule has 1 unspecified atom stereocenters. The van der Waals surface area contributed by atoms with E-state index in [4.69, 9.17) is 0 Å². The van der Waals surface area contributed by atoms with Crippen molar-refractivity contribution in [3.8, 4) is 0 Å². The van der Waals surface area contributed by atoms with Crippen molar-refractivity contribution >= 4 is 21.7 Å². The Kier molecular flexibility index (Phi) is 3.67. The first kappa shape index (κ1) is 15.0. The molecule has 0 aromatic carbocycles. The number of hydrogen-bond donors (Lipinski definition) is 1. The van der Waals surface area contributed by atoms with Gasteiger partial charge in [-0.1, -0.05) is 0 Å². The van der Waals surface area contributed by atoms with Crippen LogP contribution in [0.3, 0.4) is 0 Å². The van der Waals surface area contributed by atoms with E-state index in [9.17, 15) is 23.1 Å². The second-order valence-electron chi connectivity index (χ2n) is 4.48. The van der Waals surface area contributed by atoms with Gasteiger partial charge in [0.05, 0.1) is 12.6 Å². The van der Waals surface area contributed by atoms with E-state index in [-0.39, 0.29) is 12.3 Å². The molecular formula is C11H11BrF3N3O2. The van der Waals surface area contributed by atoms with Gasteiger partial charge in [0.25, 0.3) is 5.56 Å². The van der Waals surface area contributed by atoms with E-state index in [0.29, 0.717) is 5.69 Å². The number of aromatic nitrogens is 3. The fraction of sp³-hybridized carbons (Fsp3) is 0.455. The highest BCUT2D eigenvalue weighted by Gasteiger charge is 2.37. The molecule has 0 aliphatic rings. The molecular weight excluding hydrogens is 343 g/mol. The third-order valence-electron chi connectivity index (χ3n) is 2.74. The Morgan fingerprint density at radius 2 is 2.10 bits per heavy atom. The van der Waals surface area contributed by atoms with E-state index in [1.54, 1.807) is 6.92 Å². The van der Waals surface area contributed by atoms with E-state index < -0.39 is 28.0 Å². The standard InChI is InChI=1S/C11H11BrF3N3O2/c1-5-3-18-9(20)7(12)8(11(13,14)15)16-10(18)17(5)4-6(2)19/h3,6,19H,4H2,1-2H3. The maximum Gasteiger partial charge on any atom is 0.434 e. The molecule has 2 aromatic heterocycles. The molecule has 9 heteroatoms. The average molecular weight is 354 g/mol. The molecule has 2 aromatic rings.